The largest absolute Gasteiger partial charge is 0.341 e. The second-order valence-electron chi connectivity index (χ2n) is 11.3. The Kier molecular flexibility index (Phi) is 6.49. The van der Waals surface area contributed by atoms with E-state index in [0.717, 1.165) is 42.1 Å². The van der Waals surface area contributed by atoms with E-state index in [0.29, 0.717) is 12.4 Å². The van der Waals surface area contributed by atoms with E-state index in [2.05, 4.69) is 22.0 Å². The van der Waals surface area contributed by atoms with E-state index >= 15 is 0 Å². The number of carbonyl (C=O) groups excluding carboxylic acids is 2. The van der Waals surface area contributed by atoms with Crippen LogP contribution in [-0.2, 0) is 11.3 Å². The molecule has 6 rings (SSSR count). The van der Waals surface area contributed by atoms with Gasteiger partial charge in [0.15, 0.2) is 0 Å². The number of nitrogens with zero attached hydrogens (tertiary/aromatic N) is 5. The Morgan fingerprint density at radius 1 is 0.973 bits per heavy atom. The number of likely N-dealkylation sites (tertiary alicyclic amines) is 2. The molecule has 0 N–H and O–H groups in total. The molecule has 0 atom stereocenters. The highest BCUT2D eigenvalue weighted by Crippen LogP contribution is 2.42. The number of aromatic nitrogens is 2. The summed E-state index contributed by atoms with van der Waals surface area (Å²) in [6.07, 6.45) is 7.55. The first kappa shape index (κ1) is 24.2. The third kappa shape index (κ3) is 4.77. The van der Waals surface area contributed by atoms with Crippen LogP contribution in [0.4, 0.5) is 0 Å². The van der Waals surface area contributed by atoms with Crippen LogP contribution in [0.25, 0.3) is 11.0 Å². The minimum Gasteiger partial charge on any atom is -0.341 e. The van der Waals surface area contributed by atoms with E-state index in [1.54, 1.807) is 7.05 Å². The maximum absolute atomic E-state index is 13.6. The van der Waals surface area contributed by atoms with Gasteiger partial charge in [-0.05, 0) is 68.3 Å². The summed E-state index contributed by atoms with van der Waals surface area (Å²) < 4.78 is 1.97. The number of rotatable bonds is 6. The van der Waals surface area contributed by atoms with E-state index in [-0.39, 0.29) is 23.8 Å². The van der Waals surface area contributed by atoms with Crippen molar-refractivity contribution in [2.75, 3.05) is 39.8 Å². The summed E-state index contributed by atoms with van der Waals surface area (Å²) in [5.74, 6) is 0.199. The molecule has 3 heterocycles. The fourth-order valence-corrected chi connectivity index (χ4v) is 6.38. The molecule has 7 nitrogen and oxygen atoms in total. The average molecular weight is 500 g/mol. The van der Waals surface area contributed by atoms with Crippen molar-refractivity contribution in [3.05, 3.63) is 66.0 Å². The van der Waals surface area contributed by atoms with E-state index in [1.807, 2.05) is 51.9 Å². The molecule has 1 aromatic heterocycles. The van der Waals surface area contributed by atoms with Gasteiger partial charge in [-0.3, -0.25) is 9.59 Å². The summed E-state index contributed by atoms with van der Waals surface area (Å²) in [4.78, 5) is 37.7. The molecule has 7 heteroatoms. The number of para-hydroxylation sites is 2. The predicted octanol–water partition coefficient (Wildman–Crippen LogP) is 4.02. The number of benzene rings is 2. The van der Waals surface area contributed by atoms with Crippen LogP contribution in [0.3, 0.4) is 0 Å². The SMILES string of the molecule is CN(CC(=O)N1CCC2(CCN(C3CCC3)CC2)C1)C(=O)c1nc2ccccc2n1Cc1ccccc1. The summed E-state index contributed by atoms with van der Waals surface area (Å²) >= 11 is 0. The normalized spacial score (nSPS) is 19.9. The Morgan fingerprint density at radius 2 is 1.68 bits per heavy atom. The summed E-state index contributed by atoms with van der Waals surface area (Å²) in [6.45, 7) is 4.61. The molecule has 3 aliphatic rings. The first-order valence-electron chi connectivity index (χ1n) is 13.8. The smallest absolute Gasteiger partial charge is 0.290 e. The molecule has 0 bridgehead atoms. The van der Waals surface area contributed by atoms with Gasteiger partial charge in [0.1, 0.15) is 0 Å². The number of hydrogen-bond donors (Lipinski definition) is 0. The van der Waals surface area contributed by atoms with Gasteiger partial charge < -0.3 is 19.3 Å². The zero-order chi connectivity index (χ0) is 25.4. The van der Waals surface area contributed by atoms with Gasteiger partial charge in [-0.1, -0.05) is 48.9 Å². The molecule has 2 amide bonds. The van der Waals surface area contributed by atoms with Gasteiger partial charge in [-0.25, -0.2) is 4.98 Å². The Morgan fingerprint density at radius 3 is 2.41 bits per heavy atom. The van der Waals surface area contributed by atoms with Gasteiger partial charge in [0.05, 0.1) is 17.6 Å². The van der Waals surface area contributed by atoms with E-state index in [9.17, 15) is 9.59 Å². The summed E-state index contributed by atoms with van der Waals surface area (Å²) in [7, 11) is 1.72. The second kappa shape index (κ2) is 9.93. The van der Waals surface area contributed by atoms with E-state index in [4.69, 9.17) is 0 Å². The van der Waals surface area contributed by atoms with Gasteiger partial charge in [-0.2, -0.15) is 0 Å². The number of likely N-dealkylation sites (N-methyl/N-ethyl adjacent to an activating group) is 1. The Labute approximate surface area is 219 Å². The van der Waals surface area contributed by atoms with E-state index < -0.39 is 0 Å². The first-order valence-corrected chi connectivity index (χ1v) is 13.8. The number of piperidine rings is 1. The minimum atomic E-state index is -0.219. The van der Waals surface area contributed by atoms with Crippen molar-refractivity contribution in [1.29, 1.82) is 0 Å². The lowest BCUT2D eigenvalue weighted by atomic mass is 9.76. The standard InChI is InChI=1S/C30H37N5O2/c1-32(21-27(36)34-19-16-30(22-34)14-17-33(18-15-30)24-10-7-11-24)29(37)28-31-25-12-5-6-13-26(25)35(28)20-23-8-3-2-4-9-23/h2-6,8-9,12-13,24H,7,10-11,14-22H2,1H3. The number of carbonyl (C=O) groups is 2. The fraction of sp³-hybridized carbons (Fsp3) is 0.500. The summed E-state index contributed by atoms with van der Waals surface area (Å²) in [5, 5.41) is 0. The molecular formula is C30H37N5O2. The van der Waals surface area contributed by atoms with Crippen LogP contribution in [0.2, 0.25) is 0 Å². The van der Waals surface area contributed by atoms with Gasteiger partial charge in [0, 0.05) is 32.7 Å². The number of hydrogen-bond acceptors (Lipinski definition) is 4. The number of fused-ring (bicyclic) bond motifs is 1. The molecule has 0 radical (unpaired) electrons. The molecule has 194 valence electrons. The monoisotopic (exact) mass is 499 g/mol. The van der Waals surface area contributed by atoms with Gasteiger partial charge in [0.25, 0.3) is 5.91 Å². The lowest BCUT2D eigenvalue weighted by Gasteiger charge is -2.45. The van der Waals surface area contributed by atoms with Crippen LogP contribution < -0.4 is 0 Å². The van der Waals surface area contributed by atoms with Crippen molar-refractivity contribution < 1.29 is 9.59 Å². The molecule has 3 aromatic rings. The zero-order valence-corrected chi connectivity index (χ0v) is 21.8. The van der Waals surface area contributed by atoms with Gasteiger partial charge in [-0.15, -0.1) is 0 Å². The highest BCUT2D eigenvalue weighted by atomic mass is 16.2. The molecule has 37 heavy (non-hydrogen) atoms. The molecule has 0 unspecified atom stereocenters. The highest BCUT2D eigenvalue weighted by Gasteiger charge is 2.43. The molecular weight excluding hydrogens is 462 g/mol. The quantitative estimate of drug-likeness (QED) is 0.514. The van der Waals surface area contributed by atoms with Crippen LogP contribution in [0, 0.1) is 5.41 Å². The fourth-order valence-electron chi connectivity index (χ4n) is 6.38. The Balaban J connectivity index is 1.12. The summed E-state index contributed by atoms with van der Waals surface area (Å²) in [5.41, 5.74) is 3.08. The Bertz CT molecular complexity index is 1270. The number of amides is 2. The molecule has 1 spiro atoms. The minimum absolute atomic E-state index is 0.0415. The van der Waals surface area contributed by atoms with Crippen molar-refractivity contribution in [3.8, 4) is 0 Å². The van der Waals surface area contributed by atoms with Crippen LogP contribution >= 0.6 is 0 Å². The molecule has 1 aliphatic carbocycles. The van der Waals surface area contributed by atoms with Crippen molar-refractivity contribution in [1.82, 2.24) is 24.3 Å². The predicted molar refractivity (Wildman–Crippen MR) is 144 cm³/mol. The van der Waals surface area contributed by atoms with Gasteiger partial charge in [0.2, 0.25) is 11.7 Å². The van der Waals surface area contributed by atoms with Crippen LogP contribution in [0.5, 0.6) is 0 Å². The third-order valence-corrected chi connectivity index (χ3v) is 8.99. The molecule has 2 aromatic carbocycles. The first-order chi connectivity index (χ1) is 18.0. The topological polar surface area (TPSA) is 61.7 Å². The lowest BCUT2D eigenvalue weighted by Crippen LogP contribution is -2.49. The van der Waals surface area contributed by atoms with E-state index in [1.165, 1.54) is 50.1 Å². The van der Waals surface area contributed by atoms with Crippen LogP contribution in [0.15, 0.2) is 54.6 Å². The van der Waals surface area contributed by atoms with Crippen molar-refractivity contribution in [3.63, 3.8) is 0 Å². The number of imidazole rings is 1. The summed E-state index contributed by atoms with van der Waals surface area (Å²) in [6, 6.07) is 18.7. The zero-order valence-electron chi connectivity index (χ0n) is 21.8. The molecule has 2 saturated heterocycles. The second-order valence-corrected chi connectivity index (χ2v) is 11.3. The van der Waals surface area contributed by atoms with Crippen LogP contribution in [0.1, 0.15) is 54.7 Å². The third-order valence-electron chi connectivity index (χ3n) is 8.99. The van der Waals surface area contributed by atoms with Crippen molar-refractivity contribution in [2.24, 2.45) is 5.41 Å². The highest BCUT2D eigenvalue weighted by molar-refractivity contribution is 5.96. The Hall–Kier alpha value is -3.19. The lowest BCUT2D eigenvalue weighted by molar-refractivity contribution is -0.131. The maximum Gasteiger partial charge on any atom is 0.290 e. The van der Waals surface area contributed by atoms with Gasteiger partial charge >= 0.3 is 0 Å². The van der Waals surface area contributed by atoms with Crippen LogP contribution in [-0.4, -0.2) is 81.9 Å². The van der Waals surface area contributed by atoms with Crippen molar-refractivity contribution in [2.45, 2.75) is 51.1 Å². The molecule has 3 fully saturated rings. The maximum atomic E-state index is 13.6. The molecule has 2 aliphatic heterocycles. The average Bonchev–Trinajstić information content (AvgIpc) is 3.47. The van der Waals surface area contributed by atoms with Crippen molar-refractivity contribution >= 4 is 22.8 Å². The molecule has 1 saturated carbocycles.